The molecule has 0 radical (unpaired) electrons. The number of urea groups is 1. The fourth-order valence-electron chi connectivity index (χ4n) is 1.54. The molecule has 0 aliphatic carbocycles. The molecule has 0 aliphatic rings. The van der Waals surface area contributed by atoms with Gasteiger partial charge < -0.3 is 15.4 Å². The third kappa shape index (κ3) is 5.05. The van der Waals surface area contributed by atoms with E-state index in [1.165, 1.54) is 13.2 Å². The Kier molecular flexibility index (Phi) is 6.82. The van der Waals surface area contributed by atoms with Crippen LogP contribution in [0.2, 0.25) is 0 Å². The summed E-state index contributed by atoms with van der Waals surface area (Å²) in [4.78, 5) is 11.7. The largest absolute Gasteiger partial charge is 0.497 e. The normalized spacial score (nSPS) is 9.32. The van der Waals surface area contributed by atoms with Crippen LogP contribution >= 0.6 is 0 Å². The van der Waals surface area contributed by atoms with Gasteiger partial charge in [0.15, 0.2) is 11.6 Å². The fourth-order valence-corrected chi connectivity index (χ4v) is 1.54. The maximum Gasteiger partial charge on any atom is 0.323 e. The van der Waals surface area contributed by atoms with Crippen molar-refractivity contribution in [3.8, 4) is 5.75 Å². The molecule has 0 unspecified atom stereocenters. The highest BCUT2D eigenvalue weighted by Gasteiger charge is 2.06. The minimum atomic E-state index is -1.02. The van der Waals surface area contributed by atoms with E-state index in [2.05, 4.69) is 10.6 Å². The number of benzene rings is 2. The van der Waals surface area contributed by atoms with Crippen molar-refractivity contribution in [2.24, 2.45) is 0 Å². The van der Waals surface area contributed by atoms with Gasteiger partial charge in [0.2, 0.25) is 0 Å². The molecule has 118 valence electrons. The number of anilines is 2. The lowest BCUT2D eigenvalue weighted by molar-refractivity contribution is 0.262. The van der Waals surface area contributed by atoms with Crippen LogP contribution in [0.5, 0.6) is 5.75 Å². The summed E-state index contributed by atoms with van der Waals surface area (Å²) in [5.41, 5.74) is 0.709. The van der Waals surface area contributed by atoms with Gasteiger partial charge in [0.1, 0.15) is 5.75 Å². The number of rotatable bonds is 3. The van der Waals surface area contributed by atoms with Crippen molar-refractivity contribution < 1.29 is 18.3 Å². The Morgan fingerprint density at radius 1 is 0.909 bits per heavy atom. The summed E-state index contributed by atoms with van der Waals surface area (Å²) in [7, 11) is 1.54. The average molecular weight is 308 g/mol. The number of ether oxygens (including phenoxy) is 1. The van der Waals surface area contributed by atoms with Gasteiger partial charge in [-0.2, -0.15) is 0 Å². The van der Waals surface area contributed by atoms with E-state index in [1.54, 1.807) is 24.3 Å². The summed E-state index contributed by atoms with van der Waals surface area (Å²) in [5.74, 6) is -1.32. The van der Waals surface area contributed by atoms with Gasteiger partial charge in [0.05, 0.1) is 7.11 Å². The van der Waals surface area contributed by atoms with Gasteiger partial charge in [0, 0.05) is 17.4 Å². The van der Waals surface area contributed by atoms with Crippen LogP contribution in [0.3, 0.4) is 0 Å². The minimum absolute atomic E-state index is 0.162. The Morgan fingerprint density at radius 3 is 2.00 bits per heavy atom. The molecule has 2 aromatic carbocycles. The van der Waals surface area contributed by atoms with Gasteiger partial charge in [-0.3, -0.25) is 0 Å². The summed E-state index contributed by atoms with van der Waals surface area (Å²) in [6.07, 6.45) is 0. The van der Waals surface area contributed by atoms with E-state index >= 15 is 0 Å². The number of amides is 2. The van der Waals surface area contributed by atoms with E-state index in [0.29, 0.717) is 11.4 Å². The van der Waals surface area contributed by atoms with Gasteiger partial charge in [-0.15, -0.1) is 0 Å². The van der Waals surface area contributed by atoms with Crippen LogP contribution in [-0.2, 0) is 0 Å². The van der Waals surface area contributed by atoms with Gasteiger partial charge >= 0.3 is 6.03 Å². The summed E-state index contributed by atoms with van der Waals surface area (Å²) in [6, 6.07) is 9.25. The number of methoxy groups -OCH3 is 1. The first-order valence-corrected chi connectivity index (χ1v) is 6.75. The quantitative estimate of drug-likeness (QED) is 0.867. The molecule has 2 rings (SSSR count). The number of carbonyl (C=O) groups excluding carboxylic acids is 1. The standard InChI is InChI=1S/C14H12F2N2O2.C2H6/c1-20-11-5-2-9(3-6-11)17-14(19)18-10-4-7-12(15)13(16)8-10;1-2/h2-8H,1H3,(H2,17,18,19);1-2H3. The highest BCUT2D eigenvalue weighted by atomic mass is 19.2. The van der Waals surface area contributed by atoms with Crippen molar-refractivity contribution in [1.29, 1.82) is 0 Å². The molecular formula is C16H18F2N2O2. The lowest BCUT2D eigenvalue weighted by Gasteiger charge is -2.08. The monoisotopic (exact) mass is 308 g/mol. The topological polar surface area (TPSA) is 50.4 Å². The average Bonchev–Trinajstić information content (AvgIpc) is 2.53. The molecule has 22 heavy (non-hydrogen) atoms. The molecule has 0 bridgehead atoms. The van der Waals surface area contributed by atoms with Crippen molar-refractivity contribution in [2.75, 3.05) is 17.7 Å². The molecule has 2 N–H and O–H groups in total. The zero-order valence-corrected chi connectivity index (χ0v) is 12.6. The molecule has 2 aromatic rings. The molecule has 0 heterocycles. The Labute approximate surface area is 128 Å². The van der Waals surface area contributed by atoms with Crippen LogP contribution in [0, 0.1) is 11.6 Å². The van der Waals surface area contributed by atoms with Crippen LogP contribution in [0.15, 0.2) is 42.5 Å². The minimum Gasteiger partial charge on any atom is -0.497 e. The van der Waals surface area contributed by atoms with Gasteiger partial charge in [-0.05, 0) is 36.4 Å². The van der Waals surface area contributed by atoms with Crippen molar-refractivity contribution in [3.05, 3.63) is 54.1 Å². The number of hydrogen-bond acceptors (Lipinski definition) is 2. The molecule has 2 amide bonds. The Morgan fingerprint density at radius 2 is 1.45 bits per heavy atom. The number of halogens is 2. The van der Waals surface area contributed by atoms with Crippen molar-refractivity contribution in [1.82, 2.24) is 0 Å². The van der Waals surface area contributed by atoms with Crippen molar-refractivity contribution in [2.45, 2.75) is 13.8 Å². The first kappa shape index (κ1) is 17.4. The number of hydrogen-bond donors (Lipinski definition) is 2. The van der Waals surface area contributed by atoms with Crippen LogP contribution < -0.4 is 15.4 Å². The number of carbonyl (C=O) groups is 1. The molecular weight excluding hydrogens is 290 g/mol. The van der Waals surface area contributed by atoms with E-state index in [4.69, 9.17) is 4.74 Å². The molecule has 0 spiro atoms. The summed E-state index contributed by atoms with van der Waals surface area (Å²) >= 11 is 0. The third-order valence-corrected chi connectivity index (χ3v) is 2.53. The van der Waals surface area contributed by atoms with E-state index in [9.17, 15) is 13.6 Å². The molecule has 0 atom stereocenters. The fraction of sp³-hybridized carbons (Fsp3) is 0.188. The van der Waals surface area contributed by atoms with E-state index in [1.807, 2.05) is 13.8 Å². The lowest BCUT2D eigenvalue weighted by atomic mass is 10.3. The van der Waals surface area contributed by atoms with Gasteiger partial charge in [-0.25, -0.2) is 13.6 Å². The van der Waals surface area contributed by atoms with Crippen LogP contribution in [0.25, 0.3) is 0 Å². The zero-order chi connectivity index (χ0) is 16.5. The van der Waals surface area contributed by atoms with Crippen LogP contribution in [0.4, 0.5) is 25.0 Å². The molecule has 0 fully saturated rings. The number of nitrogens with one attached hydrogen (secondary N) is 2. The predicted octanol–water partition coefficient (Wildman–Crippen LogP) is 4.64. The first-order valence-electron chi connectivity index (χ1n) is 6.75. The van der Waals surface area contributed by atoms with Crippen molar-refractivity contribution >= 4 is 17.4 Å². The molecule has 6 heteroatoms. The maximum absolute atomic E-state index is 13.0. The molecule has 0 aliphatic heterocycles. The predicted molar refractivity (Wildman–Crippen MR) is 83.3 cm³/mol. The van der Waals surface area contributed by atoms with E-state index in [-0.39, 0.29) is 5.69 Å². The van der Waals surface area contributed by atoms with E-state index in [0.717, 1.165) is 12.1 Å². The van der Waals surface area contributed by atoms with Crippen LogP contribution in [-0.4, -0.2) is 13.1 Å². The Hall–Kier alpha value is -2.63. The Balaban J connectivity index is 0.00000116. The third-order valence-electron chi connectivity index (χ3n) is 2.53. The summed E-state index contributed by atoms with van der Waals surface area (Å²) in [6.45, 7) is 4.00. The Bertz CT molecular complexity index is 616. The van der Waals surface area contributed by atoms with Gasteiger partial charge in [0.25, 0.3) is 0 Å². The molecule has 0 saturated heterocycles. The molecule has 4 nitrogen and oxygen atoms in total. The molecule has 0 aromatic heterocycles. The second-order valence-corrected chi connectivity index (χ2v) is 3.94. The van der Waals surface area contributed by atoms with E-state index < -0.39 is 17.7 Å². The maximum atomic E-state index is 13.0. The molecule has 0 saturated carbocycles. The van der Waals surface area contributed by atoms with Crippen LogP contribution in [0.1, 0.15) is 13.8 Å². The summed E-state index contributed by atoms with van der Waals surface area (Å²) in [5, 5.41) is 4.95. The SMILES string of the molecule is CC.COc1ccc(NC(=O)Nc2ccc(F)c(F)c2)cc1. The second-order valence-electron chi connectivity index (χ2n) is 3.94. The summed E-state index contributed by atoms with van der Waals surface area (Å²) < 4.78 is 30.7. The first-order chi connectivity index (χ1) is 10.6. The highest BCUT2D eigenvalue weighted by molar-refractivity contribution is 5.99. The zero-order valence-electron chi connectivity index (χ0n) is 12.6. The second kappa shape index (κ2) is 8.61. The smallest absolute Gasteiger partial charge is 0.323 e. The lowest BCUT2D eigenvalue weighted by Crippen LogP contribution is -2.19. The van der Waals surface area contributed by atoms with Gasteiger partial charge in [-0.1, -0.05) is 13.8 Å². The van der Waals surface area contributed by atoms with Crippen molar-refractivity contribution in [3.63, 3.8) is 0 Å². The highest BCUT2D eigenvalue weighted by Crippen LogP contribution is 2.16.